The van der Waals surface area contributed by atoms with Gasteiger partial charge >= 0.3 is 0 Å². The summed E-state index contributed by atoms with van der Waals surface area (Å²) in [5.41, 5.74) is 7.35. The molecule has 1 rings (SSSR count). The first-order valence-electron chi connectivity index (χ1n) is 6.20. The lowest BCUT2D eigenvalue weighted by molar-refractivity contribution is 0.1000. The van der Waals surface area contributed by atoms with Crippen molar-refractivity contribution in [2.75, 3.05) is 13.6 Å². The zero-order chi connectivity index (χ0) is 13.1. The molecule has 0 aliphatic carbocycles. The Bertz CT molecular complexity index is 329. The zero-order valence-corrected chi connectivity index (χ0v) is 11.6. The number of pyridine rings is 1. The van der Waals surface area contributed by atoms with Crippen LogP contribution in [0.25, 0.3) is 0 Å². The van der Waals surface area contributed by atoms with Crippen LogP contribution in [0.4, 0.5) is 0 Å². The molecule has 2 atom stereocenters. The molecule has 17 heavy (non-hydrogen) atoms. The summed E-state index contributed by atoms with van der Waals surface area (Å²) in [6, 6.07) is 4.75. The van der Waals surface area contributed by atoms with Crippen molar-refractivity contribution in [3.05, 3.63) is 30.1 Å². The van der Waals surface area contributed by atoms with Crippen molar-refractivity contribution < 1.29 is 0 Å². The molecule has 0 saturated carbocycles. The molecule has 1 aromatic rings. The highest BCUT2D eigenvalue weighted by molar-refractivity contribution is 5.14. The van der Waals surface area contributed by atoms with Gasteiger partial charge in [-0.05, 0) is 31.0 Å². The molecule has 0 bridgehead atoms. The minimum Gasteiger partial charge on any atom is -0.329 e. The average Bonchev–Trinajstić information content (AvgIpc) is 2.29. The van der Waals surface area contributed by atoms with Gasteiger partial charge in [0.15, 0.2) is 0 Å². The summed E-state index contributed by atoms with van der Waals surface area (Å²) in [4.78, 5) is 6.52. The fourth-order valence-electron chi connectivity index (χ4n) is 1.99. The van der Waals surface area contributed by atoms with E-state index >= 15 is 0 Å². The van der Waals surface area contributed by atoms with Crippen LogP contribution in [0.5, 0.6) is 0 Å². The van der Waals surface area contributed by atoms with E-state index in [2.05, 4.69) is 50.7 Å². The quantitative estimate of drug-likeness (QED) is 0.871. The lowest BCUT2D eigenvalue weighted by Crippen LogP contribution is -2.43. The first-order chi connectivity index (χ1) is 7.88. The van der Waals surface area contributed by atoms with E-state index < -0.39 is 0 Å². The Morgan fingerprint density at radius 3 is 2.47 bits per heavy atom. The van der Waals surface area contributed by atoms with Crippen LogP contribution in [-0.2, 0) is 0 Å². The smallest absolute Gasteiger partial charge is 0.0485 e. The third kappa shape index (κ3) is 3.51. The Labute approximate surface area is 105 Å². The van der Waals surface area contributed by atoms with Gasteiger partial charge in [0.2, 0.25) is 0 Å². The first-order valence-corrected chi connectivity index (χ1v) is 6.20. The van der Waals surface area contributed by atoms with Crippen LogP contribution < -0.4 is 5.73 Å². The van der Waals surface area contributed by atoms with Crippen LogP contribution in [-0.4, -0.2) is 29.5 Å². The molecule has 0 amide bonds. The van der Waals surface area contributed by atoms with Crippen molar-refractivity contribution in [1.29, 1.82) is 0 Å². The molecule has 96 valence electrons. The molecule has 0 saturated heterocycles. The normalized spacial score (nSPS) is 15.9. The van der Waals surface area contributed by atoms with E-state index in [-0.39, 0.29) is 11.5 Å². The SMILES string of the molecule is CC(N(C)C(CN)c1cccnc1)C(C)(C)C. The van der Waals surface area contributed by atoms with Gasteiger partial charge in [-0.25, -0.2) is 0 Å². The molecule has 0 fully saturated rings. The van der Waals surface area contributed by atoms with Crippen molar-refractivity contribution >= 4 is 0 Å². The maximum atomic E-state index is 5.92. The maximum Gasteiger partial charge on any atom is 0.0485 e. The van der Waals surface area contributed by atoms with Crippen molar-refractivity contribution in [3.63, 3.8) is 0 Å². The Morgan fingerprint density at radius 2 is 2.06 bits per heavy atom. The topological polar surface area (TPSA) is 42.1 Å². The fraction of sp³-hybridized carbons (Fsp3) is 0.643. The van der Waals surface area contributed by atoms with E-state index in [9.17, 15) is 0 Å². The highest BCUT2D eigenvalue weighted by Gasteiger charge is 2.28. The standard InChI is InChI=1S/C14H25N3/c1-11(14(2,3)4)17(5)13(9-15)12-7-6-8-16-10-12/h6-8,10-11,13H,9,15H2,1-5H3. The third-order valence-electron chi connectivity index (χ3n) is 3.65. The highest BCUT2D eigenvalue weighted by Crippen LogP contribution is 2.29. The number of hydrogen-bond acceptors (Lipinski definition) is 3. The molecule has 0 aliphatic heterocycles. The molecule has 1 aromatic heterocycles. The summed E-state index contributed by atoms with van der Waals surface area (Å²) in [6.07, 6.45) is 3.70. The molecule has 3 nitrogen and oxygen atoms in total. The summed E-state index contributed by atoms with van der Waals surface area (Å²) >= 11 is 0. The fourth-order valence-corrected chi connectivity index (χ4v) is 1.99. The second kappa shape index (κ2) is 5.61. The summed E-state index contributed by atoms with van der Waals surface area (Å²) in [7, 11) is 2.14. The average molecular weight is 235 g/mol. The molecule has 0 aromatic carbocycles. The number of nitrogens with zero attached hydrogens (tertiary/aromatic N) is 2. The predicted octanol–water partition coefficient (Wildman–Crippen LogP) is 2.45. The number of aromatic nitrogens is 1. The van der Waals surface area contributed by atoms with Gasteiger partial charge in [0, 0.05) is 31.0 Å². The first kappa shape index (κ1) is 14.1. The van der Waals surface area contributed by atoms with Crippen LogP contribution in [0.15, 0.2) is 24.5 Å². The maximum absolute atomic E-state index is 5.92. The Morgan fingerprint density at radius 1 is 1.41 bits per heavy atom. The molecule has 2 unspecified atom stereocenters. The molecule has 1 heterocycles. The van der Waals surface area contributed by atoms with E-state index in [0.717, 1.165) is 0 Å². The second-order valence-corrected chi connectivity index (χ2v) is 5.75. The van der Waals surface area contributed by atoms with E-state index in [0.29, 0.717) is 12.6 Å². The van der Waals surface area contributed by atoms with Gasteiger partial charge in [-0.3, -0.25) is 9.88 Å². The van der Waals surface area contributed by atoms with Gasteiger partial charge in [-0.1, -0.05) is 26.8 Å². The number of rotatable bonds is 4. The van der Waals surface area contributed by atoms with Crippen molar-refractivity contribution in [1.82, 2.24) is 9.88 Å². The van der Waals surface area contributed by atoms with Gasteiger partial charge < -0.3 is 5.73 Å². The molecule has 0 aliphatic rings. The van der Waals surface area contributed by atoms with E-state index in [1.54, 1.807) is 6.20 Å². The number of hydrogen-bond donors (Lipinski definition) is 1. The molecular weight excluding hydrogens is 210 g/mol. The van der Waals surface area contributed by atoms with E-state index in [4.69, 9.17) is 5.73 Å². The highest BCUT2D eigenvalue weighted by atomic mass is 15.2. The minimum atomic E-state index is 0.234. The largest absolute Gasteiger partial charge is 0.329 e. The van der Waals surface area contributed by atoms with Crippen LogP contribution in [0, 0.1) is 5.41 Å². The summed E-state index contributed by atoms with van der Waals surface area (Å²) in [5.74, 6) is 0. The lowest BCUT2D eigenvalue weighted by atomic mass is 9.86. The van der Waals surface area contributed by atoms with Crippen molar-refractivity contribution in [3.8, 4) is 0 Å². The van der Waals surface area contributed by atoms with E-state index in [1.807, 2.05) is 12.3 Å². The third-order valence-corrected chi connectivity index (χ3v) is 3.65. The zero-order valence-electron chi connectivity index (χ0n) is 11.6. The predicted molar refractivity (Wildman–Crippen MR) is 72.7 cm³/mol. The Balaban J connectivity index is 2.89. The Kier molecular flexibility index (Phi) is 4.66. The van der Waals surface area contributed by atoms with Crippen molar-refractivity contribution in [2.24, 2.45) is 11.1 Å². The second-order valence-electron chi connectivity index (χ2n) is 5.75. The molecular formula is C14H25N3. The molecule has 2 N–H and O–H groups in total. The van der Waals surface area contributed by atoms with Crippen LogP contribution in [0.1, 0.15) is 39.3 Å². The monoisotopic (exact) mass is 235 g/mol. The van der Waals surface area contributed by atoms with Gasteiger partial charge in [-0.15, -0.1) is 0 Å². The van der Waals surface area contributed by atoms with Gasteiger partial charge in [-0.2, -0.15) is 0 Å². The van der Waals surface area contributed by atoms with Gasteiger partial charge in [0.1, 0.15) is 0 Å². The Hall–Kier alpha value is -0.930. The molecule has 0 spiro atoms. The van der Waals surface area contributed by atoms with Crippen LogP contribution in [0.3, 0.4) is 0 Å². The number of likely N-dealkylation sites (N-methyl/N-ethyl adjacent to an activating group) is 1. The molecule has 3 heteroatoms. The van der Waals surface area contributed by atoms with Crippen molar-refractivity contribution in [2.45, 2.75) is 39.8 Å². The summed E-state index contributed by atoms with van der Waals surface area (Å²) in [5, 5.41) is 0. The van der Waals surface area contributed by atoms with E-state index in [1.165, 1.54) is 5.56 Å². The van der Waals surface area contributed by atoms with Crippen LogP contribution in [0.2, 0.25) is 0 Å². The summed E-state index contributed by atoms with van der Waals surface area (Å²) in [6.45, 7) is 9.63. The molecule has 0 radical (unpaired) electrons. The van der Waals surface area contributed by atoms with Crippen LogP contribution >= 0.6 is 0 Å². The minimum absolute atomic E-state index is 0.234. The van der Waals surface area contributed by atoms with Gasteiger partial charge in [0.25, 0.3) is 0 Å². The summed E-state index contributed by atoms with van der Waals surface area (Å²) < 4.78 is 0. The van der Waals surface area contributed by atoms with Gasteiger partial charge in [0.05, 0.1) is 0 Å². The number of nitrogens with two attached hydrogens (primary N) is 1. The lowest BCUT2D eigenvalue weighted by Gasteiger charge is -2.40.